The number of alkyl halides is 3. The molecule has 1 N–H and O–H groups in total. The van der Waals surface area contributed by atoms with Gasteiger partial charge in [-0.15, -0.1) is 0 Å². The third-order valence-corrected chi connectivity index (χ3v) is 2.24. The first-order valence-corrected chi connectivity index (χ1v) is 5.15. The molecule has 1 aromatic heterocycles. The number of rotatable bonds is 5. The summed E-state index contributed by atoms with van der Waals surface area (Å²) in [7, 11) is 1.82. The maximum absolute atomic E-state index is 11.8. The van der Waals surface area contributed by atoms with E-state index in [4.69, 9.17) is 0 Å². The van der Waals surface area contributed by atoms with Crippen molar-refractivity contribution in [2.45, 2.75) is 32.5 Å². The molecule has 1 rings (SSSR count). The molecule has 3 nitrogen and oxygen atoms in total. The van der Waals surface area contributed by atoms with E-state index < -0.39 is 12.6 Å². The number of nitrogens with zero attached hydrogens (tertiary/aromatic N) is 2. The Morgan fingerprint density at radius 3 is 2.62 bits per heavy atom. The molecule has 0 aliphatic heterocycles. The summed E-state index contributed by atoms with van der Waals surface area (Å²) in [5.41, 5.74) is 1.93. The Balaban J connectivity index is 2.19. The Hall–Kier alpha value is -1.04. The van der Waals surface area contributed by atoms with E-state index in [-0.39, 0.29) is 6.42 Å². The van der Waals surface area contributed by atoms with Crippen molar-refractivity contribution in [3.63, 3.8) is 0 Å². The van der Waals surface area contributed by atoms with Crippen LogP contribution in [0, 0.1) is 6.92 Å². The molecule has 0 fully saturated rings. The SMILES string of the molecule is Cc1nn(C)cc1CNCCCC(F)(F)F. The fourth-order valence-corrected chi connectivity index (χ4v) is 1.46. The van der Waals surface area contributed by atoms with Crippen LogP contribution in [0.2, 0.25) is 0 Å². The minimum atomic E-state index is -4.05. The number of aromatic nitrogens is 2. The highest BCUT2D eigenvalue weighted by Crippen LogP contribution is 2.20. The second-order valence-electron chi connectivity index (χ2n) is 3.81. The van der Waals surface area contributed by atoms with Crippen LogP contribution in [-0.2, 0) is 13.6 Å². The molecule has 16 heavy (non-hydrogen) atoms. The second-order valence-corrected chi connectivity index (χ2v) is 3.81. The lowest BCUT2D eigenvalue weighted by molar-refractivity contribution is -0.135. The van der Waals surface area contributed by atoms with E-state index in [1.54, 1.807) is 4.68 Å². The Kier molecular flexibility index (Phi) is 4.35. The van der Waals surface area contributed by atoms with Gasteiger partial charge in [0.05, 0.1) is 5.69 Å². The van der Waals surface area contributed by atoms with E-state index in [9.17, 15) is 13.2 Å². The average Bonchev–Trinajstić information content (AvgIpc) is 2.42. The fraction of sp³-hybridized carbons (Fsp3) is 0.700. The molecule has 0 bridgehead atoms. The van der Waals surface area contributed by atoms with Crippen LogP contribution in [0.25, 0.3) is 0 Å². The van der Waals surface area contributed by atoms with Crippen LogP contribution in [0.15, 0.2) is 6.20 Å². The van der Waals surface area contributed by atoms with E-state index in [0.717, 1.165) is 11.3 Å². The molecule has 1 heterocycles. The highest BCUT2D eigenvalue weighted by atomic mass is 19.4. The van der Waals surface area contributed by atoms with Crippen molar-refractivity contribution >= 4 is 0 Å². The van der Waals surface area contributed by atoms with Gasteiger partial charge in [-0.05, 0) is 19.9 Å². The quantitative estimate of drug-likeness (QED) is 0.792. The van der Waals surface area contributed by atoms with Gasteiger partial charge >= 0.3 is 6.18 Å². The van der Waals surface area contributed by atoms with Gasteiger partial charge in [0.1, 0.15) is 0 Å². The summed E-state index contributed by atoms with van der Waals surface area (Å²) in [6.07, 6.45) is -2.80. The smallest absolute Gasteiger partial charge is 0.313 e. The van der Waals surface area contributed by atoms with Crippen LogP contribution in [0.5, 0.6) is 0 Å². The maximum atomic E-state index is 11.8. The number of nitrogens with one attached hydrogen (secondary N) is 1. The van der Waals surface area contributed by atoms with Crippen LogP contribution >= 0.6 is 0 Å². The highest BCUT2D eigenvalue weighted by Gasteiger charge is 2.25. The van der Waals surface area contributed by atoms with Crippen LogP contribution in [0.1, 0.15) is 24.1 Å². The molecule has 0 aliphatic rings. The van der Waals surface area contributed by atoms with Crippen LogP contribution < -0.4 is 5.32 Å². The zero-order valence-corrected chi connectivity index (χ0v) is 9.43. The van der Waals surface area contributed by atoms with Gasteiger partial charge in [0.25, 0.3) is 0 Å². The first-order valence-electron chi connectivity index (χ1n) is 5.15. The summed E-state index contributed by atoms with van der Waals surface area (Å²) in [6, 6.07) is 0. The van der Waals surface area contributed by atoms with Crippen molar-refractivity contribution in [2.24, 2.45) is 7.05 Å². The first-order chi connectivity index (χ1) is 7.38. The average molecular weight is 235 g/mol. The molecule has 0 amide bonds. The van der Waals surface area contributed by atoms with Crippen LogP contribution in [0.4, 0.5) is 13.2 Å². The monoisotopic (exact) mass is 235 g/mol. The lowest BCUT2D eigenvalue weighted by Crippen LogP contribution is -2.17. The molecule has 0 atom stereocenters. The van der Waals surface area contributed by atoms with Crippen LogP contribution in [0.3, 0.4) is 0 Å². The van der Waals surface area contributed by atoms with Gasteiger partial charge < -0.3 is 5.32 Å². The molecule has 0 saturated heterocycles. The zero-order valence-electron chi connectivity index (χ0n) is 9.43. The third kappa shape index (κ3) is 4.65. The topological polar surface area (TPSA) is 29.9 Å². The third-order valence-electron chi connectivity index (χ3n) is 2.24. The van der Waals surface area contributed by atoms with Crippen molar-refractivity contribution in [1.29, 1.82) is 0 Å². The van der Waals surface area contributed by atoms with Crippen molar-refractivity contribution in [3.8, 4) is 0 Å². The van der Waals surface area contributed by atoms with E-state index in [0.29, 0.717) is 13.1 Å². The van der Waals surface area contributed by atoms with Gasteiger partial charge in [0.15, 0.2) is 0 Å². The Morgan fingerprint density at radius 2 is 2.12 bits per heavy atom. The second kappa shape index (κ2) is 5.34. The normalized spacial score (nSPS) is 12.1. The molecule has 0 spiro atoms. The van der Waals surface area contributed by atoms with Gasteiger partial charge in [-0.2, -0.15) is 18.3 Å². The van der Waals surface area contributed by atoms with Gasteiger partial charge in [0.2, 0.25) is 0 Å². The summed E-state index contributed by atoms with van der Waals surface area (Å²) in [5, 5.41) is 7.12. The van der Waals surface area contributed by atoms with Gasteiger partial charge in [-0.1, -0.05) is 0 Å². The summed E-state index contributed by atoms with van der Waals surface area (Å²) in [5.74, 6) is 0. The maximum Gasteiger partial charge on any atom is 0.389 e. The standard InChI is InChI=1S/C10H16F3N3/c1-8-9(7-16(2)15-8)6-14-5-3-4-10(11,12)13/h7,14H,3-6H2,1-2H3. The first kappa shape index (κ1) is 13.0. The van der Waals surface area contributed by atoms with Crippen molar-refractivity contribution in [1.82, 2.24) is 15.1 Å². The Morgan fingerprint density at radius 1 is 1.44 bits per heavy atom. The molecule has 0 radical (unpaired) electrons. The summed E-state index contributed by atoms with van der Waals surface area (Å²) in [4.78, 5) is 0. The number of hydrogen-bond acceptors (Lipinski definition) is 2. The number of aryl methyl sites for hydroxylation is 2. The molecule has 1 aromatic rings. The molecule has 92 valence electrons. The van der Waals surface area contributed by atoms with E-state index in [1.807, 2.05) is 20.2 Å². The lowest BCUT2D eigenvalue weighted by atomic mass is 10.2. The van der Waals surface area contributed by atoms with Gasteiger partial charge in [-0.25, -0.2) is 0 Å². The largest absolute Gasteiger partial charge is 0.389 e. The predicted octanol–water partition coefficient (Wildman–Crippen LogP) is 2.16. The van der Waals surface area contributed by atoms with Crippen molar-refractivity contribution < 1.29 is 13.2 Å². The molecular formula is C10H16F3N3. The summed E-state index contributed by atoms with van der Waals surface area (Å²) in [6.45, 7) is 2.82. The molecule has 0 saturated carbocycles. The number of hydrogen-bond donors (Lipinski definition) is 1. The Labute approximate surface area is 92.6 Å². The van der Waals surface area contributed by atoms with Crippen molar-refractivity contribution in [2.75, 3.05) is 6.54 Å². The molecular weight excluding hydrogens is 219 g/mol. The van der Waals surface area contributed by atoms with Crippen molar-refractivity contribution in [3.05, 3.63) is 17.5 Å². The predicted molar refractivity (Wildman–Crippen MR) is 54.9 cm³/mol. The van der Waals surface area contributed by atoms with Gasteiger partial charge in [-0.3, -0.25) is 4.68 Å². The molecule has 0 aliphatic carbocycles. The number of halogens is 3. The minimum absolute atomic E-state index is 0.114. The molecule has 0 aromatic carbocycles. The van der Waals surface area contributed by atoms with Crippen LogP contribution in [-0.4, -0.2) is 22.5 Å². The fourth-order valence-electron chi connectivity index (χ4n) is 1.46. The van der Waals surface area contributed by atoms with E-state index in [1.165, 1.54) is 0 Å². The summed E-state index contributed by atoms with van der Waals surface area (Å²) < 4.78 is 37.2. The summed E-state index contributed by atoms with van der Waals surface area (Å²) >= 11 is 0. The minimum Gasteiger partial charge on any atom is -0.313 e. The lowest BCUT2D eigenvalue weighted by Gasteiger charge is -2.06. The molecule has 6 heteroatoms. The Bertz CT molecular complexity index is 331. The highest BCUT2D eigenvalue weighted by molar-refractivity contribution is 5.14. The molecule has 0 unspecified atom stereocenters. The zero-order chi connectivity index (χ0) is 12.2. The van der Waals surface area contributed by atoms with E-state index >= 15 is 0 Å². The van der Waals surface area contributed by atoms with E-state index in [2.05, 4.69) is 10.4 Å². The van der Waals surface area contributed by atoms with Gasteiger partial charge in [0, 0.05) is 31.8 Å².